The molecule has 1 fully saturated rings. The lowest BCUT2D eigenvalue weighted by molar-refractivity contribution is -0.932. The van der Waals surface area contributed by atoms with Gasteiger partial charge in [0.15, 0.2) is 0 Å². The van der Waals surface area contributed by atoms with Crippen LogP contribution in [0.2, 0.25) is 0 Å². The van der Waals surface area contributed by atoms with E-state index in [2.05, 4.69) is 25.8 Å². The molecule has 0 aromatic carbocycles. The molecule has 2 nitrogen and oxygen atoms in total. The van der Waals surface area contributed by atoms with Crippen molar-refractivity contribution in [3.05, 3.63) is 0 Å². The fourth-order valence-electron chi connectivity index (χ4n) is 3.27. The predicted octanol–water partition coefficient (Wildman–Crippen LogP) is 3.91. The Labute approximate surface area is 121 Å². The van der Waals surface area contributed by atoms with Gasteiger partial charge in [-0.25, -0.2) is 0 Å². The van der Waals surface area contributed by atoms with Gasteiger partial charge < -0.3 is 4.48 Å². The molecule has 2 heteroatoms. The summed E-state index contributed by atoms with van der Waals surface area (Å²) in [5, 5.41) is 0. The van der Waals surface area contributed by atoms with Crippen molar-refractivity contribution in [1.82, 2.24) is 4.90 Å². The summed E-state index contributed by atoms with van der Waals surface area (Å²) in [6.07, 6.45) is 11.4. The molecule has 0 spiro atoms. The van der Waals surface area contributed by atoms with Crippen LogP contribution < -0.4 is 0 Å². The molecule has 0 aromatic heterocycles. The van der Waals surface area contributed by atoms with Crippen molar-refractivity contribution in [1.29, 1.82) is 0 Å². The Morgan fingerprint density at radius 3 is 1.89 bits per heavy atom. The van der Waals surface area contributed by atoms with Crippen LogP contribution in [0.25, 0.3) is 0 Å². The number of hydrogen-bond acceptors (Lipinski definition) is 1. The maximum absolute atomic E-state index is 2.50. The summed E-state index contributed by atoms with van der Waals surface area (Å²) < 4.78 is 1.42. The quantitative estimate of drug-likeness (QED) is 0.429. The molecule has 114 valence electrons. The first-order valence-electron chi connectivity index (χ1n) is 8.76. The van der Waals surface area contributed by atoms with E-state index >= 15 is 0 Å². The first-order valence-corrected chi connectivity index (χ1v) is 8.76. The fraction of sp³-hybridized carbons (Fsp3) is 1.00. The van der Waals surface area contributed by atoms with Crippen LogP contribution in [0, 0.1) is 0 Å². The average molecular weight is 269 g/mol. The highest BCUT2D eigenvalue weighted by Gasteiger charge is 2.30. The minimum Gasteiger partial charge on any atom is -0.321 e. The number of nitrogens with zero attached hydrogens (tertiary/aromatic N) is 2. The van der Waals surface area contributed by atoms with Crippen molar-refractivity contribution in [2.24, 2.45) is 0 Å². The van der Waals surface area contributed by atoms with E-state index < -0.39 is 0 Å². The van der Waals surface area contributed by atoms with Crippen LogP contribution in [-0.2, 0) is 0 Å². The number of piperazine rings is 1. The predicted molar refractivity (Wildman–Crippen MR) is 85.5 cm³/mol. The summed E-state index contributed by atoms with van der Waals surface area (Å²) >= 11 is 0. The van der Waals surface area contributed by atoms with Crippen molar-refractivity contribution in [2.75, 3.05) is 46.3 Å². The zero-order valence-electron chi connectivity index (χ0n) is 13.8. The number of rotatable bonds is 10. The van der Waals surface area contributed by atoms with E-state index in [4.69, 9.17) is 0 Å². The summed E-state index contributed by atoms with van der Waals surface area (Å²) in [6.45, 7) is 12.9. The molecule has 0 unspecified atom stereocenters. The largest absolute Gasteiger partial charge is 0.321 e. The monoisotopic (exact) mass is 269 g/mol. The van der Waals surface area contributed by atoms with Crippen molar-refractivity contribution >= 4 is 0 Å². The minimum absolute atomic E-state index is 1.31. The van der Waals surface area contributed by atoms with E-state index in [0.717, 1.165) is 0 Å². The first kappa shape index (κ1) is 17.0. The molecular weight excluding hydrogens is 232 g/mol. The second-order valence-corrected chi connectivity index (χ2v) is 6.66. The lowest BCUT2D eigenvalue weighted by Gasteiger charge is -2.44. The Balaban J connectivity index is 2.25. The number of quaternary nitrogens is 1. The second kappa shape index (κ2) is 9.77. The highest BCUT2D eigenvalue weighted by molar-refractivity contribution is 4.61. The summed E-state index contributed by atoms with van der Waals surface area (Å²) in [6, 6.07) is 0. The molecular formula is C17H37N2+. The van der Waals surface area contributed by atoms with E-state index in [1.807, 2.05) is 0 Å². The zero-order chi connectivity index (χ0) is 14.0. The number of hydrogen-bond donors (Lipinski definition) is 0. The summed E-state index contributed by atoms with van der Waals surface area (Å²) in [7, 11) is 2.28. The van der Waals surface area contributed by atoms with E-state index in [1.165, 1.54) is 95.1 Å². The Hall–Kier alpha value is -0.0800. The molecule has 1 aliphatic heterocycles. The lowest BCUT2D eigenvalue weighted by Crippen LogP contribution is -2.59. The van der Waals surface area contributed by atoms with Crippen LogP contribution in [0.5, 0.6) is 0 Å². The molecule has 19 heavy (non-hydrogen) atoms. The van der Waals surface area contributed by atoms with Gasteiger partial charge in [0.05, 0.1) is 26.2 Å². The number of likely N-dealkylation sites (N-methyl/N-ethyl adjacent to an activating group) is 1. The summed E-state index contributed by atoms with van der Waals surface area (Å²) in [5.41, 5.74) is 0. The molecule has 0 saturated carbocycles. The maximum Gasteiger partial charge on any atom is 0.0916 e. The highest BCUT2D eigenvalue weighted by Crippen LogP contribution is 2.17. The maximum atomic E-state index is 2.50. The van der Waals surface area contributed by atoms with Gasteiger partial charge in [-0.05, 0) is 26.3 Å². The molecule has 0 radical (unpaired) electrons. The van der Waals surface area contributed by atoms with Crippen LogP contribution in [-0.4, -0.2) is 55.7 Å². The van der Waals surface area contributed by atoms with Gasteiger partial charge in [-0.15, -0.1) is 0 Å². The van der Waals surface area contributed by atoms with E-state index in [0.29, 0.717) is 0 Å². The van der Waals surface area contributed by atoms with Gasteiger partial charge in [0, 0.05) is 13.1 Å². The highest BCUT2D eigenvalue weighted by atomic mass is 15.4. The third-order valence-electron chi connectivity index (χ3n) is 4.88. The molecule has 0 N–H and O–H groups in total. The SMILES string of the molecule is CCCCCCCC[N+]1(CCCC)CCN(C)CC1. The van der Waals surface area contributed by atoms with Crippen molar-refractivity contribution in [2.45, 2.75) is 65.2 Å². The average Bonchev–Trinajstić information content (AvgIpc) is 2.43. The van der Waals surface area contributed by atoms with E-state index in [1.54, 1.807) is 0 Å². The van der Waals surface area contributed by atoms with Crippen LogP contribution in [0.3, 0.4) is 0 Å². The van der Waals surface area contributed by atoms with Gasteiger partial charge in [-0.1, -0.05) is 46.0 Å². The molecule has 0 aliphatic carbocycles. The third-order valence-corrected chi connectivity index (χ3v) is 4.88. The van der Waals surface area contributed by atoms with Crippen molar-refractivity contribution in [3.63, 3.8) is 0 Å². The smallest absolute Gasteiger partial charge is 0.0916 e. The molecule has 0 amide bonds. The minimum atomic E-state index is 1.31. The molecule has 0 aromatic rings. The standard InChI is InChI=1S/C17H37N2/c1-4-6-8-9-10-11-15-19(14-7-5-2)16-12-18(3)13-17-19/h4-17H2,1-3H3/q+1. The molecule has 1 aliphatic rings. The number of unbranched alkanes of at least 4 members (excludes halogenated alkanes) is 6. The van der Waals surface area contributed by atoms with Gasteiger partial charge in [-0.2, -0.15) is 0 Å². The second-order valence-electron chi connectivity index (χ2n) is 6.66. The third kappa shape index (κ3) is 6.76. The molecule has 1 saturated heterocycles. The Morgan fingerprint density at radius 1 is 0.737 bits per heavy atom. The molecule has 0 atom stereocenters. The van der Waals surface area contributed by atoms with Crippen molar-refractivity contribution < 1.29 is 4.48 Å². The first-order chi connectivity index (χ1) is 9.22. The zero-order valence-corrected chi connectivity index (χ0v) is 13.8. The lowest BCUT2D eigenvalue weighted by atomic mass is 10.1. The summed E-state index contributed by atoms with van der Waals surface area (Å²) in [5.74, 6) is 0. The summed E-state index contributed by atoms with van der Waals surface area (Å²) in [4.78, 5) is 2.50. The Bertz CT molecular complexity index is 202. The topological polar surface area (TPSA) is 3.24 Å². The fourth-order valence-corrected chi connectivity index (χ4v) is 3.27. The van der Waals surface area contributed by atoms with Crippen LogP contribution in [0.15, 0.2) is 0 Å². The van der Waals surface area contributed by atoms with Crippen LogP contribution in [0.4, 0.5) is 0 Å². The van der Waals surface area contributed by atoms with E-state index in [9.17, 15) is 0 Å². The van der Waals surface area contributed by atoms with Crippen LogP contribution in [0.1, 0.15) is 65.2 Å². The van der Waals surface area contributed by atoms with Gasteiger partial charge in [0.25, 0.3) is 0 Å². The Morgan fingerprint density at radius 2 is 1.26 bits per heavy atom. The van der Waals surface area contributed by atoms with E-state index in [-0.39, 0.29) is 0 Å². The van der Waals surface area contributed by atoms with Gasteiger partial charge in [0.2, 0.25) is 0 Å². The Kier molecular flexibility index (Phi) is 8.72. The van der Waals surface area contributed by atoms with Gasteiger partial charge in [0.1, 0.15) is 0 Å². The van der Waals surface area contributed by atoms with Gasteiger partial charge in [-0.3, -0.25) is 4.90 Å². The van der Waals surface area contributed by atoms with Crippen molar-refractivity contribution in [3.8, 4) is 0 Å². The van der Waals surface area contributed by atoms with Crippen LogP contribution >= 0.6 is 0 Å². The van der Waals surface area contributed by atoms with Gasteiger partial charge >= 0.3 is 0 Å². The molecule has 0 bridgehead atoms. The molecule has 1 rings (SSSR count). The molecule has 1 heterocycles. The normalized spacial score (nSPS) is 19.7.